The first-order chi connectivity index (χ1) is 8.59. The van der Waals surface area contributed by atoms with Crippen molar-refractivity contribution in [2.45, 2.75) is 19.4 Å². The van der Waals surface area contributed by atoms with Gasteiger partial charge >= 0.3 is 11.8 Å². The second-order valence-electron chi connectivity index (χ2n) is 4.39. The Morgan fingerprint density at radius 1 is 1.44 bits per heavy atom. The van der Waals surface area contributed by atoms with Gasteiger partial charge in [0.05, 0.1) is 6.10 Å². The maximum atomic E-state index is 12.0. The van der Waals surface area contributed by atoms with E-state index < -0.39 is 17.9 Å². The van der Waals surface area contributed by atoms with Crippen LogP contribution in [0.5, 0.6) is 0 Å². The van der Waals surface area contributed by atoms with Gasteiger partial charge in [0.15, 0.2) is 0 Å². The minimum absolute atomic E-state index is 0.0834. The lowest BCUT2D eigenvalue weighted by Crippen LogP contribution is -2.44. The van der Waals surface area contributed by atoms with E-state index in [-0.39, 0.29) is 6.54 Å². The van der Waals surface area contributed by atoms with E-state index in [1.54, 1.807) is 6.92 Å². The third-order valence-electron chi connectivity index (χ3n) is 2.88. The topological polar surface area (TPSA) is 69.6 Å². The van der Waals surface area contributed by atoms with Crippen LogP contribution in [0.15, 0.2) is 24.3 Å². The summed E-state index contributed by atoms with van der Waals surface area (Å²) in [5.41, 5.74) is 1.88. The Kier molecular flexibility index (Phi) is 3.62. The summed E-state index contributed by atoms with van der Waals surface area (Å²) in [5.74, 6) is -1.24. The highest BCUT2D eigenvalue weighted by Gasteiger charge is 2.28. The lowest BCUT2D eigenvalue weighted by molar-refractivity contribution is -0.137. The fourth-order valence-electron chi connectivity index (χ4n) is 1.99. The average Bonchev–Trinajstić information content (AvgIpc) is 2.78. The van der Waals surface area contributed by atoms with Crippen molar-refractivity contribution < 1.29 is 14.7 Å². The maximum Gasteiger partial charge on any atom is 0.316 e. The van der Waals surface area contributed by atoms with Crippen LogP contribution in [-0.4, -0.2) is 36.1 Å². The van der Waals surface area contributed by atoms with Crippen LogP contribution in [-0.2, 0) is 16.0 Å². The number of nitrogens with zero attached hydrogens (tertiary/aromatic N) is 1. The second kappa shape index (κ2) is 5.18. The molecule has 0 bridgehead atoms. The molecule has 5 nitrogen and oxygen atoms in total. The molecule has 1 aromatic rings. The first-order valence-corrected chi connectivity index (χ1v) is 5.95. The molecule has 0 aliphatic carbocycles. The number of benzene rings is 1. The lowest BCUT2D eigenvalue weighted by Gasteiger charge is -2.16. The van der Waals surface area contributed by atoms with E-state index >= 15 is 0 Å². The van der Waals surface area contributed by atoms with Gasteiger partial charge < -0.3 is 15.3 Å². The Balaban J connectivity index is 2.05. The van der Waals surface area contributed by atoms with Crippen molar-refractivity contribution in [2.75, 3.05) is 18.0 Å². The molecule has 0 saturated carbocycles. The molecule has 0 saturated heterocycles. The summed E-state index contributed by atoms with van der Waals surface area (Å²) in [6.45, 7) is 2.16. The third-order valence-corrected chi connectivity index (χ3v) is 2.88. The highest BCUT2D eigenvalue weighted by molar-refractivity contribution is 6.40. The Hall–Kier alpha value is -1.88. The zero-order valence-electron chi connectivity index (χ0n) is 10.2. The number of aliphatic hydroxyl groups excluding tert-OH is 1. The molecule has 2 rings (SSSR count). The van der Waals surface area contributed by atoms with E-state index in [1.807, 2.05) is 24.3 Å². The van der Waals surface area contributed by atoms with Gasteiger partial charge in [0.2, 0.25) is 0 Å². The highest BCUT2D eigenvalue weighted by Crippen LogP contribution is 2.27. The van der Waals surface area contributed by atoms with Crippen LogP contribution in [0, 0.1) is 0 Å². The molecule has 1 heterocycles. The van der Waals surface area contributed by atoms with Crippen molar-refractivity contribution in [3.05, 3.63) is 29.8 Å². The average molecular weight is 248 g/mol. The normalized spacial score (nSPS) is 15.1. The monoisotopic (exact) mass is 248 g/mol. The first-order valence-electron chi connectivity index (χ1n) is 5.95. The molecule has 0 fully saturated rings. The molecule has 96 valence electrons. The minimum Gasteiger partial charge on any atom is -0.392 e. The number of nitrogens with one attached hydrogen (secondary N) is 1. The summed E-state index contributed by atoms with van der Waals surface area (Å²) in [6.07, 6.45) is 0.110. The standard InChI is InChI=1S/C13H16N2O3/c1-9(16)8-14-12(17)13(18)15-7-6-10-4-2-3-5-11(10)15/h2-5,9,16H,6-8H2,1H3,(H,14,17). The Labute approximate surface area is 105 Å². The Morgan fingerprint density at radius 2 is 2.17 bits per heavy atom. The predicted octanol–water partition coefficient (Wildman–Crippen LogP) is 0.0727. The quantitative estimate of drug-likeness (QED) is 0.728. The van der Waals surface area contributed by atoms with E-state index in [9.17, 15) is 9.59 Å². The van der Waals surface area contributed by atoms with Gasteiger partial charge in [0, 0.05) is 18.8 Å². The van der Waals surface area contributed by atoms with Gasteiger partial charge in [-0.15, -0.1) is 0 Å². The molecular weight excluding hydrogens is 232 g/mol. The smallest absolute Gasteiger partial charge is 0.316 e. The summed E-state index contributed by atoms with van der Waals surface area (Å²) in [7, 11) is 0. The largest absolute Gasteiger partial charge is 0.392 e. The van der Waals surface area contributed by atoms with Gasteiger partial charge in [-0.05, 0) is 25.0 Å². The summed E-state index contributed by atoms with van der Waals surface area (Å²) < 4.78 is 0. The zero-order chi connectivity index (χ0) is 13.1. The van der Waals surface area contributed by atoms with E-state index in [4.69, 9.17) is 5.11 Å². The molecule has 2 amide bonds. The van der Waals surface area contributed by atoms with Gasteiger partial charge in [0.25, 0.3) is 0 Å². The van der Waals surface area contributed by atoms with E-state index in [0.717, 1.165) is 17.7 Å². The maximum absolute atomic E-state index is 12.0. The van der Waals surface area contributed by atoms with Crippen molar-refractivity contribution in [1.29, 1.82) is 0 Å². The molecule has 0 radical (unpaired) electrons. The molecule has 5 heteroatoms. The van der Waals surface area contributed by atoms with Crippen LogP contribution < -0.4 is 10.2 Å². The number of para-hydroxylation sites is 1. The number of carbonyl (C=O) groups is 2. The van der Waals surface area contributed by atoms with Crippen molar-refractivity contribution >= 4 is 17.5 Å². The second-order valence-corrected chi connectivity index (χ2v) is 4.39. The molecule has 1 atom stereocenters. The molecule has 18 heavy (non-hydrogen) atoms. The number of amides is 2. The molecule has 1 unspecified atom stereocenters. The lowest BCUT2D eigenvalue weighted by atomic mass is 10.2. The van der Waals surface area contributed by atoms with Gasteiger partial charge in [0.1, 0.15) is 0 Å². The van der Waals surface area contributed by atoms with Gasteiger partial charge in [-0.1, -0.05) is 18.2 Å². The van der Waals surface area contributed by atoms with Crippen molar-refractivity contribution in [2.24, 2.45) is 0 Å². The fraction of sp³-hybridized carbons (Fsp3) is 0.385. The Morgan fingerprint density at radius 3 is 2.89 bits per heavy atom. The molecule has 0 spiro atoms. The molecule has 2 N–H and O–H groups in total. The molecular formula is C13H16N2O3. The number of carbonyl (C=O) groups excluding carboxylic acids is 2. The van der Waals surface area contributed by atoms with Crippen LogP contribution in [0.3, 0.4) is 0 Å². The number of anilines is 1. The highest BCUT2D eigenvalue weighted by atomic mass is 16.3. The number of rotatable bonds is 2. The van der Waals surface area contributed by atoms with Crippen LogP contribution in [0.25, 0.3) is 0 Å². The fourth-order valence-corrected chi connectivity index (χ4v) is 1.99. The molecule has 1 aliphatic heterocycles. The molecule has 1 aliphatic rings. The summed E-state index contributed by atoms with van der Waals surface area (Å²) in [6, 6.07) is 7.55. The third kappa shape index (κ3) is 2.51. The van der Waals surface area contributed by atoms with Gasteiger partial charge in [-0.3, -0.25) is 9.59 Å². The predicted molar refractivity (Wildman–Crippen MR) is 67.2 cm³/mol. The van der Waals surface area contributed by atoms with Crippen molar-refractivity contribution in [3.63, 3.8) is 0 Å². The van der Waals surface area contributed by atoms with Crippen LogP contribution in [0.2, 0.25) is 0 Å². The number of hydrogen-bond donors (Lipinski definition) is 2. The zero-order valence-corrected chi connectivity index (χ0v) is 10.2. The summed E-state index contributed by atoms with van der Waals surface area (Å²) >= 11 is 0. The first kappa shape index (κ1) is 12.6. The van der Waals surface area contributed by atoms with E-state index in [0.29, 0.717) is 6.54 Å². The number of fused-ring (bicyclic) bond motifs is 1. The minimum atomic E-state index is -0.674. The summed E-state index contributed by atoms with van der Waals surface area (Å²) in [4.78, 5) is 25.1. The number of hydrogen-bond acceptors (Lipinski definition) is 3. The van der Waals surface area contributed by atoms with E-state index in [1.165, 1.54) is 4.90 Å². The van der Waals surface area contributed by atoms with Gasteiger partial charge in [-0.25, -0.2) is 0 Å². The number of aliphatic hydroxyl groups is 1. The Bertz CT molecular complexity index is 471. The van der Waals surface area contributed by atoms with Crippen LogP contribution >= 0.6 is 0 Å². The van der Waals surface area contributed by atoms with Gasteiger partial charge in [-0.2, -0.15) is 0 Å². The molecule has 0 aromatic heterocycles. The summed E-state index contributed by atoms with van der Waals surface area (Å²) in [5, 5.41) is 11.5. The van der Waals surface area contributed by atoms with Crippen LogP contribution in [0.4, 0.5) is 5.69 Å². The molecule has 1 aromatic carbocycles. The van der Waals surface area contributed by atoms with Crippen molar-refractivity contribution in [3.8, 4) is 0 Å². The van der Waals surface area contributed by atoms with Crippen LogP contribution in [0.1, 0.15) is 12.5 Å². The van der Waals surface area contributed by atoms with Crippen molar-refractivity contribution in [1.82, 2.24) is 5.32 Å². The SMILES string of the molecule is CC(O)CNC(=O)C(=O)N1CCc2ccccc21. The van der Waals surface area contributed by atoms with E-state index in [2.05, 4.69) is 5.32 Å².